The number of anilines is 1. The number of nitrogens with zero attached hydrogens (tertiary/aromatic N) is 3. The highest BCUT2D eigenvalue weighted by Crippen LogP contribution is 2.37. The Balaban J connectivity index is 1.20. The number of halogens is 3. The Morgan fingerprint density at radius 1 is 0.953 bits per heavy atom. The fraction of sp³-hybridized carbons (Fsp3) is 0.286. The number of fused-ring (bicyclic) bond motifs is 5. The highest BCUT2D eigenvalue weighted by atomic mass is 19.4. The predicted molar refractivity (Wildman–Crippen MR) is 161 cm³/mol. The molecule has 8 heteroatoms. The number of piperidine rings is 1. The van der Waals surface area contributed by atoms with Crippen LogP contribution in [0.4, 0.5) is 19.1 Å². The molecule has 2 atom stereocenters. The molecule has 5 nitrogen and oxygen atoms in total. The van der Waals surface area contributed by atoms with Gasteiger partial charge in [0.05, 0.1) is 0 Å². The molecule has 2 aliphatic carbocycles. The summed E-state index contributed by atoms with van der Waals surface area (Å²) in [5, 5.41) is 5.77. The fourth-order valence-electron chi connectivity index (χ4n) is 6.93. The Kier molecular flexibility index (Phi) is 7.00. The van der Waals surface area contributed by atoms with Crippen molar-refractivity contribution in [1.82, 2.24) is 15.3 Å². The van der Waals surface area contributed by atoms with Gasteiger partial charge >= 0.3 is 6.18 Å². The van der Waals surface area contributed by atoms with Gasteiger partial charge in [-0.3, -0.25) is 4.79 Å². The lowest BCUT2D eigenvalue weighted by atomic mass is 9.73. The number of carbonyl (C=O) groups excluding carboxylic acids is 1. The molecule has 0 bridgehead atoms. The molecule has 2 unspecified atom stereocenters. The van der Waals surface area contributed by atoms with E-state index in [1.807, 2.05) is 24.4 Å². The molecule has 4 aliphatic rings. The Morgan fingerprint density at radius 2 is 1.79 bits per heavy atom. The number of ketones is 1. The summed E-state index contributed by atoms with van der Waals surface area (Å²) in [7, 11) is 0. The number of rotatable bonds is 4. The van der Waals surface area contributed by atoms with E-state index in [4.69, 9.17) is 0 Å². The van der Waals surface area contributed by atoms with Crippen molar-refractivity contribution in [1.29, 1.82) is 0 Å². The summed E-state index contributed by atoms with van der Waals surface area (Å²) in [6.45, 7) is 0.874. The minimum absolute atomic E-state index is 0.0239. The van der Waals surface area contributed by atoms with Crippen LogP contribution in [0, 0.1) is 11.8 Å². The first-order valence-electron chi connectivity index (χ1n) is 14.8. The molecule has 43 heavy (non-hydrogen) atoms. The molecule has 1 saturated heterocycles. The molecule has 2 aliphatic heterocycles. The number of Topliss-reactive ketones (excluding diaryl/α,β-unsaturated/α-hetero) is 1. The molecular formula is C35H31F3N4O. The molecule has 3 aromatic rings. The van der Waals surface area contributed by atoms with Crippen molar-refractivity contribution in [2.45, 2.75) is 37.8 Å². The number of allylic oxidation sites excluding steroid dienone is 5. The van der Waals surface area contributed by atoms with Gasteiger partial charge in [-0.2, -0.15) is 13.2 Å². The van der Waals surface area contributed by atoms with Gasteiger partial charge in [0, 0.05) is 48.9 Å². The fourth-order valence-corrected chi connectivity index (χ4v) is 6.93. The zero-order valence-corrected chi connectivity index (χ0v) is 23.5. The van der Waals surface area contributed by atoms with Crippen molar-refractivity contribution < 1.29 is 18.0 Å². The van der Waals surface area contributed by atoms with Gasteiger partial charge in [-0.15, -0.1) is 0 Å². The molecule has 0 saturated carbocycles. The number of nitrogens with one attached hydrogen (secondary N) is 1. The van der Waals surface area contributed by atoms with Crippen molar-refractivity contribution in [3.05, 3.63) is 112 Å². The van der Waals surface area contributed by atoms with E-state index in [1.165, 1.54) is 27.5 Å². The predicted octanol–water partition coefficient (Wildman–Crippen LogP) is 5.43. The van der Waals surface area contributed by atoms with Gasteiger partial charge in [0.15, 0.2) is 0 Å². The first-order chi connectivity index (χ1) is 20.9. The lowest BCUT2D eigenvalue weighted by molar-refractivity contribution is -0.141. The Bertz CT molecular complexity index is 1800. The molecule has 1 fully saturated rings. The highest BCUT2D eigenvalue weighted by molar-refractivity contribution is 5.89. The average molecular weight is 581 g/mol. The number of alkyl halides is 3. The van der Waals surface area contributed by atoms with Crippen molar-refractivity contribution in [2.24, 2.45) is 11.8 Å². The zero-order valence-electron chi connectivity index (χ0n) is 23.5. The highest BCUT2D eigenvalue weighted by Gasteiger charge is 2.36. The van der Waals surface area contributed by atoms with Gasteiger partial charge in [0.2, 0.25) is 5.95 Å². The van der Waals surface area contributed by atoms with E-state index in [0.717, 1.165) is 29.6 Å². The van der Waals surface area contributed by atoms with E-state index >= 15 is 0 Å². The maximum atomic E-state index is 14.1. The lowest BCUT2D eigenvalue weighted by Gasteiger charge is -2.35. The molecule has 0 spiro atoms. The molecule has 1 N–H and O–H groups in total. The van der Waals surface area contributed by atoms with Gasteiger partial charge in [-0.05, 0) is 76.6 Å². The summed E-state index contributed by atoms with van der Waals surface area (Å²) < 4.78 is 39.6. The van der Waals surface area contributed by atoms with Gasteiger partial charge in [-0.25, -0.2) is 9.97 Å². The molecule has 1 aromatic heterocycles. The summed E-state index contributed by atoms with van der Waals surface area (Å²) in [6, 6.07) is 13.8. The van der Waals surface area contributed by atoms with Crippen LogP contribution < -0.4 is 20.7 Å². The van der Waals surface area contributed by atoms with Gasteiger partial charge in [0.25, 0.3) is 0 Å². The third-order valence-corrected chi connectivity index (χ3v) is 9.09. The van der Waals surface area contributed by atoms with Crippen molar-refractivity contribution in [3.8, 4) is 11.1 Å². The van der Waals surface area contributed by atoms with Crippen LogP contribution in [0.25, 0.3) is 23.3 Å². The molecule has 218 valence electrons. The van der Waals surface area contributed by atoms with E-state index in [-0.39, 0.29) is 29.5 Å². The van der Waals surface area contributed by atoms with Crippen LogP contribution in [-0.4, -0.2) is 28.8 Å². The summed E-state index contributed by atoms with van der Waals surface area (Å²) in [4.78, 5) is 23.7. The summed E-state index contributed by atoms with van der Waals surface area (Å²) in [6.07, 6.45) is 13.7. The maximum absolute atomic E-state index is 14.1. The smallest absolute Gasteiger partial charge is 0.364 e. The molecular weight excluding hydrogens is 549 g/mol. The van der Waals surface area contributed by atoms with Gasteiger partial charge in [-0.1, -0.05) is 60.7 Å². The second-order valence-electron chi connectivity index (χ2n) is 11.6. The average Bonchev–Trinajstić information content (AvgIpc) is 3.33. The summed E-state index contributed by atoms with van der Waals surface area (Å²) in [5.74, 6) is -0.153. The molecule has 0 radical (unpaired) electrons. The summed E-state index contributed by atoms with van der Waals surface area (Å²) in [5.41, 5.74) is 5.06. The van der Waals surface area contributed by atoms with Crippen molar-refractivity contribution in [3.63, 3.8) is 0 Å². The minimum Gasteiger partial charge on any atom is -0.364 e. The van der Waals surface area contributed by atoms with Gasteiger partial charge < -0.3 is 10.2 Å². The third kappa shape index (κ3) is 5.19. The second kappa shape index (κ2) is 11.0. The van der Waals surface area contributed by atoms with E-state index in [9.17, 15) is 18.0 Å². The maximum Gasteiger partial charge on any atom is 0.433 e. The molecule has 7 rings (SSSR count). The van der Waals surface area contributed by atoms with Crippen LogP contribution in [0.1, 0.15) is 42.0 Å². The number of benzene rings is 2. The monoisotopic (exact) mass is 580 g/mol. The number of hydrogen-bond acceptors (Lipinski definition) is 5. The van der Waals surface area contributed by atoms with Crippen LogP contribution in [0.2, 0.25) is 0 Å². The molecule has 2 aromatic carbocycles. The molecule has 3 heterocycles. The Hall–Kier alpha value is -4.46. The van der Waals surface area contributed by atoms with Crippen LogP contribution in [0.3, 0.4) is 0 Å². The third-order valence-electron chi connectivity index (χ3n) is 9.09. The SMILES string of the molecule is O=C(C1C=c2c(ccc3c2=CCc2ccccc2-3)C(C2=CC=CC=CN2)C1)C1CCN(c2nccc(C(F)(F)F)n2)CC1. The van der Waals surface area contributed by atoms with Crippen LogP contribution >= 0.6 is 0 Å². The second-order valence-corrected chi connectivity index (χ2v) is 11.6. The normalized spacial score (nSPS) is 21.3. The minimum atomic E-state index is -4.53. The first-order valence-corrected chi connectivity index (χ1v) is 14.8. The standard InChI is InChI=1S/C35H31F3N4O/c36-35(37,38)32-13-17-40-34(41-32)42-18-14-23(15-19-42)33(43)24-20-29-27-10-9-22-6-3-4-7-25(22)26(27)11-12-28(29)30(21-24)31-8-2-1-5-16-39-31/h1-8,10-13,16-17,20,23-24,30,39H,9,14-15,18-19,21H2. The van der Waals surface area contributed by atoms with E-state index in [0.29, 0.717) is 32.4 Å². The van der Waals surface area contributed by atoms with Crippen LogP contribution in [0.5, 0.6) is 0 Å². The van der Waals surface area contributed by atoms with Gasteiger partial charge in [0.1, 0.15) is 11.5 Å². The Labute approximate surface area is 247 Å². The number of carbonyl (C=O) groups is 1. The summed E-state index contributed by atoms with van der Waals surface area (Å²) >= 11 is 0. The Morgan fingerprint density at radius 3 is 2.63 bits per heavy atom. The van der Waals surface area contributed by atoms with Crippen molar-refractivity contribution >= 4 is 23.9 Å². The number of aromatic nitrogens is 2. The van der Waals surface area contributed by atoms with E-state index in [2.05, 4.69) is 69.9 Å². The lowest BCUT2D eigenvalue weighted by Crippen LogP contribution is -2.43. The van der Waals surface area contributed by atoms with E-state index in [1.54, 1.807) is 4.90 Å². The van der Waals surface area contributed by atoms with Crippen LogP contribution in [0.15, 0.2) is 84.9 Å². The largest absolute Gasteiger partial charge is 0.433 e. The van der Waals surface area contributed by atoms with Crippen molar-refractivity contribution in [2.75, 3.05) is 18.0 Å². The zero-order chi connectivity index (χ0) is 29.6. The van der Waals surface area contributed by atoms with E-state index < -0.39 is 11.9 Å². The first kappa shape index (κ1) is 27.4. The van der Waals surface area contributed by atoms with Crippen LogP contribution in [-0.2, 0) is 17.4 Å². The molecule has 0 amide bonds. The number of hydrogen-bond donors (Lipinski definition) is 1. The quantitative estimate of drug-likeness (QED) is 0.447. The topological polar surface area (TPSA) is 58.1 Å².